The number of nitrogens with one attached hydrogen (secondary N) is 1. The number of urea groups is 1. The molecule has 2 heterocycles. The molecule has 1 aliphatic rings. The summed E-state index contributed by atoms with van der Waals surface area (Å²) in [5.41, 5.74) is 0.416. The Morgan fingerprint density at radius 1 is 1.39 bits per heavy atom. The molecule has 0 atom stereocenters. The van der Waals surface area contributed by atoms with Gasteiger partial charge in [-0.05, 0) is 31.5 Å². The van der Waals surface area contributed by atoms with Crippen LogP contribution in [0.3, 0.4) is 0 Å². The first kappa shape index (κ1) is 20.8. The lowest BCUT2D eigenvalue weighted by Gasteiger charge is -2.15. The molecule has 1 aromatic heterocycles. The molecule has 3 amide bonds. The van der Waals surface area contributed by atoms with E-state index in [0.717, 1.165) is 4.47 Å². The minimum absolute atomic E-state index is 0.0351. The second-order valence-corrected chi connectivity index (χ2v) is 7.99. The number of ether oxygens (including phenoxy) is 1. The van der Waals surface area contributed by atoms with Crippen LogP contribution in [0.2, 0.25) is 0 Å². The third-order valence-electron chi connectivity index (χ3n) is 4.24. The van der Waals surface area contributed by atoms with Gasteiger partial charge in [-0.3, -0.25) is 19.1 Å². The second kappa shape index (κ2) is 9.53. The molecular weight excluding hydrogens is 448 g/mol. The van der Waals surface area contributed by atoms with Crippen molar-refractivity contribution in [1.29, 1.82) is 0 Å². The van der Waals surface area contributed by atoms with Crippen molar-refractivity contribution < 1.29 is 14.3 Å². The van der Waals surface area contributed by atoms with Gasteiger partial charge >= 0.3 is 6.03 Å². The Morgan fingerprint density at radius 3 is 2.93 bits per heavy atom. The third kappa shape index (κ3) is 4.73. The average Bonchev–Trinajstić information content (AvgIpc) is 3.11. The molecule has 0 aliphatic carbocycles. The zero-order valence-electron chi connectivity index (χ0n) is 15.4. The van der Waals surface area contributed by atoms with E-state index in [1.165, 1.54) is 16.7 Å². The standard InChI is InChI=1S/C18H21BrN4O4S/c1-2-27-9-3-7-23-16(25)13-10-12(19)4-5-14(13)21-18(23)28-11-15(24)22-8-6-20-17(22)26/h4-5,10H,2-3,6-9,11H2,1H3,(H,20,26). The van der Waals surface area contributed by atoms with Crippen molar-refractivity contribution in [3.63, 3.8) is 0 Å². The van der Waals surface area contributed by atoms with E-state index in [2.05, 4.69) is 26.2 Å². The highest BCUT2D eigenvalue weighted by molar-refractivity contribution is 9.10. The molecule has 0 spiro atoms. The number of carbonyl (C=O) groups is 2. The highest BCUT2D eigenvalue weighted by atomic mass is 79.9. The summed E-state index contributed by atoms with van der Waals surface area (Å²) < 4.78 is 7.74. The van der Waals surface area contributed by atoms with Crippen molar-refractivity contribution in [1.82, 2.24) is 19.8 Å². The van der Waals surface area contributed by atoms with E-state index >= 15 is 0 Å². The molecule has 28 heavy (non-hydrogen) atoms. The van der Waals surface area contributed by atoms with E-state index in [-0.39, 0.29) is 23.3 Å². The molecule has 1 N–H and O–H groups in total. The Hall–Kier alpha value is -1.91. The fraction of sp³-hybridized carbons (Fsp3) is 0.444. The first-order valence-electron chi connectivity index (χ1n) is 9.00. The smallest absolute Gasteiger partial charge is 0.324 e. The van der Waals surface area contributed by atoms with Gasteiger partial charge in [0.2, 0.25) is 5.91 Å². The molecule has 2 aromatic rings. The van der Waals surface area contributed by atoms with Gasteiger partial charge in [0, 0.05) is 37.3 Å². The lowest BCUT2D eigenvalue weighted by Crippen LogP contribution is -2.35. The number of aromatic nitrogens is 2. The van der Waals surface area contributed by atoms with E-state index in [1.54, 1.807) is 16.7 Å². The van der Waals surface area contributed by atoms with Crippen LogP contribution in [-0.2, 0) is 16.1 Å². The number of benzene rings is 1. The topological polar surface area (TPSA) is 93.5 Å². The predicted octanol–water partition coefficient (Wildman–Crippen LogP) is 2.23. The molecule has 150 valence electrons. The number of carbonyl (C=O) groups excluding carboxylic acids is 2. The normalized spacial score (nSPS) is 13.9. The summed E-state index contributed by atoms with van der Waals surface area (Å²) in [6.45, 7) is 4.33. The third-order valence-corrected chi connectivity index (χ3v) is 5.69. The highest BCUT2D eigenvalue weighted by Gasteiger charge is 2.26. The maximum Gasteiger partial charge on any atom is 0.324 e. The number of thioether (sulfide) groups is 1. The lowest BCUT2D eigenvalue weighted by atomic mass is 10.2. The lowest BCUT2D eigenvalue weighted by molar-refractivity contribution is -0.124. The van der Waals surface area contributed by atoms with Crippen LogP contribution in [0.5, 0.6) is 0 Å². The van der Waals surface area contributed by atoms with Crippen LogP contribution in [0.4, 0.5) is 4.79 Å². The molecule has 8 nitrogen and oxygen atoms in total. The van der Waals surface area contributed by atoms with Crippen molar-refractivity contribution in [3.8, 4) is 0 Å². The summed E-state index contributed by atoms with van der Waals surface area (Å²) >= 11 is 4.56. The van der Waals surface area contributed by atoms with Crippen LogP contribution in [0.15, 0.2) is 32.6 Å². The van der Waals surface area contributed by atoms with Gasteiger partial charge in [0.1, 0.15) is 0 Å². The van der Waals surface area contributed by atoms with E-state index in [4.69, 9.17) is 4.74 Å². The van der Waals surface area contributed by atoms with Gasteiger partial charge in [-0.2, -0.15) is 0 Å². The summed E-state index contributed by atoms with van der Waals surface area (Å²) in [6.07, 6.45) is 0.658. The number of hydrogen-bond donors (Lipinski definition) is 1. The number of fused-ring (bicyclic) bond motifs is 1. The fourth-order valence-electron chi connectivity index (χ4n) is 2.86. The Morgan fingerprint density at radius 2 is 2.21 bits per heavy atom. The minimum Gasteiger partial charge on any atom is -0.382 e. The van der Waals surface area contributed by atoms with Gasteiger partial charge in [-0.1, -0.05) is 27.7 Å². The van der Waals surface area contributed by atoms with Crippen molar-refractivity contribution in [2.45, 2.75) is 25.0 Å². The van der Waals surface area contributed by atoms with Gasteiger partial charge in [0.15, 0.2) is 5.16 Å². The van der Waals surface area contributed by atoms with Gasteiger partial charge in [0.05, 0.1) is 16.7 Å². The van der Waals surface area contributed by atoms with E-state index in [9.17, 15) is 14.4 Å². The Kier molecular flexibility index (Phi) is 7.08. The zero-order chi connectivity index (χ0) is 20.1. The predicted molar refractivity (Wildman–Crippen MR) is 111 cm³/mol. The largest absolute Gasteiger partial charge is 0.382 e. The molecule has 3 rings (SSSR count). The fourth-order valence-corrected chi connectivity index (χ4v) is 4.13. The number of nitrogens with zero attached hydrogens (tertiary/aromatic N) is 3. The molecule has 0 bridgehead atoms. The van der Waals surface area contributed by atoms with Crippen LogP contribution >= 0.6 is 27.7 Å². The first-order valence-corrected chi connectivity index (χ1v) is 10.8. The summed E-state index contributed by atoms with van der Waals surface area (Å²) in [5, 5.41) is 3.58. The molecule has 1 fully saturated rings. The van der Waals surface area contributed by atoms with Crippen molar-refractivity contribution >= 4 is 50.5 Å². The van der Waals surface area contributed by atoms with Crippen LogP contribution in [0.1, 0.15) is 13.3 Å². The van der Waals surface area contributed by atoms with E-state index < -0.39 is 0 Å². The van der Waals surface area contributed by atoms with Crippen molar-refractivity contribution in [2.75, 3.05) is 32.1 Å². The molecule has 0 saturated carbocycles. The molecular formula is C18H21BrN4O4S. The number of imide groups is 1. The molecule has 0 unspecified atom stereocenters. The highest BCUT2D eigenvalue weighted by Crippen LogP contribution is 2.21. The average molecular weight is 469 g/mol. The summed E-state index contributed by atoms with van der Waals surface area (Å²) in [5.74, 6) is -0.265. The quantitative estimate of drug-likeness (QED) is 0.362. The van der Waals surface area contributed by atoms with Crippen LogP contribution in [0.25, 0.3) is 10.9 Å². The minimum atomic E-state index is -0.379. The van der Waals surface area contributed by atoms with Crippen LogP contribution in [-0.4, -0.2) is 58.4 Å². The Balaban J connectivity index is 1.85. The van der Waals surface area contributed by atoms with Crippen LogP contribution in [0, 0.1) is 0 Å². The van der Waals surface area contributed by atoms with Gasteiger partial charge in [-0.25, -0.2) is 9.78 Å². The number of halogens is 1. The number of amides is 3. The van der Waals surface area contributed by atoms with E-state index in [0.29, 0.717) is 55.3 Å². The summed E-state index contributed by atoms with van der Waals surface area (Å²) in [4.78, 5) is 42.8. The zero-order valence-corrected chi connectivity index (χ0v) is 17.8. The number of hydrogen-bond acceptors (Lipinski definition) is 6. The summed E-state index contributed by atoms with van der Waals surface area (Å²) in [7, 11) is 0. The summed E-state index contributed by atoms with van der Waals surface area (Å²) in [6, 6.07) is 4.96. The maximum absolute atomic E-state index is 13.0. The molecule has 1 aliphatic heterocycles. The number of rotatable bonds is 8. The molecule has 1 aromatic carbocycles. The maximum atomic E-state index is 13.0. The van der Waals surface area contributed by atoms with E-state index in [1.807, 2.05) is 13.0 Å². The van der Waals surface area contributed by atoms with Crippen LogP contribution < -0.4 is 10.9 Å². The molecule has 0 radical (unpaired) electrons. The second-order valence-electron chi connectivity index (χ2n) is 6.13. The monoisotopic (exact) mass is 468 g/mol. The van der Waals surface area contributed by atoms with Crippen molar-refractivity contribution in [2.24, 2.45) is 0 Å². The van der Waals surface area contributed by atoms with Gasteiger partial charge in [-0.15, -0.1) is 0 Å². The van der Waals surface area contributed by atoms with Gasteiger partial charge in [0.25, 0.3) is 5.56 Å². The van der Waals surface area contributed by atoms with Crippen molar-refractivity contribution in [3.05, 3.63) is 33.0 Å². The Bertz CT molecular complexity index is 949. The SMILES string of the molecule is CCOCCCn1c(SCC(=O)N2CCNC2=O)nc2ccc(Br)cc2c1=O. The van der Waals surface area contributed by atoms with Gasteiger partial charge < -0.3 is 10.1 Å². The first-order chi connectivity index (χ1) is 13.5. The Labute approximate surface area is 174 Å². The molecule has 10 heteroatoms. The molecule has 1 saturated heterocycles.